The van der Waals surface area contributed by atoms with Gasteiger partial charge in [-0.1, -0.05) is 36.4 Å². The summed E-state index contributed by atoms with van der Waals surface area (Å²) in [6.45, 7) is 2.05. The Morgan fingerprint density at radius 2 is 1.62 bits per heavy atom. The number of fused-ring (bicyclic) bond motifs is 2. The lowest BCUT2D eigenvalue weighted by Crippen LogP contribution is -2.34. The molecule has 6 rings (SSSR count). The Morgan fingerprint density at radius 3 is 2.43 bits per heavy atom. The van der Waals surface area contributed by atoms with Gasteiger partial charge in [0.25, 0.3) is 0 Å². The smallest absolute Gasteiger partial charge is 0.246 e. The maximum atomic E-state index is 12.2. The molecule has 0 N–H and O–H groups in total. The Morgan fingerprint density at radius 1 is 0.833 bits per heavy atom. The summed E-state index contributed by atoms with van der Waals surface area (Å²) < 4.78 is 26.8. The molecule has 0 unspecified atom stereocenters. The van der Waals surface area contributed by atoms with Crippen molar-refractivity contribution in [3.63, 3.8) is 0 Å². The summed E-state index contributed by atoms with van der Waals surface area (Å²) in [5.41, 5.74) is 2.22. The average molecular weight is 568 g/mol. The fraction of sp³-hybridized carbons (Fsp3) is 0.235. The molecular weight excluding hydrogens is 534 g/mol. The van der Waals surface area contributed by atoms with Crippen LogP contribution >= 0.6 is 0 Å². The van der Waals surface area contributed by atoms with Gasteiger partial charge in [-0.3, -0.25) is 9.59 Å². The molecule has 1 fully saturated rings. The minimum Gasteiger partial charge on any atom is -0.497 e. The third kappa shape index (κ3) is 7.01. The van der Waals surface area contributed by atoms with Gasteiger partial charge in [0.1, 0.15) is 22.8 Å². The van der Waals surface area contributed by atoms with Crippen LogP contribution in [0.4, 0.5) is 0 Å². The van der Waals surface area contributed by atoms with Gasteiger partial charge in [0.2, 0.25) is 12.7 Å². The second kappa shape index (κ2) is 13.6. The lowest BCUT2D eigenvalue weighted by atomic mass is 10.1. The number of methoxy groups -OCH3 is 2. The van der Waals surface area contributed by atoms with Gasteiger partial charge in [-0.05, 0) is 61.2 Å². The van der Waals surface area contributed by atoms with Crippen LogP contribution < -0.4 is 24.4 Å². The number of hydrogen-bond acceptors (Lipinski definition) is 7. The minimum absolute atomic E-state index is 0.0864. The van der Waals surface area contributed by atoms with E-state index in [0.29, 0.717) is 28.2 Å². The van der Waals surface area contributed by atoms with Crippen LogP contribution in [-0.2, 0) is 4.79 Å². The minimum atomic E-state index is -0.0864. The molecule has 8 nitrogen and oxygen atoms in total. The second-order valence-electron chi connectivity index (χ2n) is 9.79. The first-order chi connectivity index (χ1) is 20.5. The highest BCUT2D eigenvalue weighted by Crippen LogP contribution is 2.33. The number of amides is 1. The van der Waals surface area contributed by atoms with Crippen molar-refractivity contribution in [1.82, 2.24) is 4.90 Å². The van der Waals surface area contributed by atoms with Crippen molar-refractivity contribution < 1.29 is 28.2 Å². The van der Waals surface area contributed by atoms with Crippen molar-refractivity contribution in [2.45, 2.75) is 19.3 Å². The predicted molar refractivity (Wildman–Crippen MR) is 162 cm³/mol. The third-order valence-electron chi connectivity index (χ3n) is 6.99. The van der Waals surface area contributed by atoms with Gasteiger partial charge in [-0.2, -0.15) is 0 Å². The molecule has 2 aliphatic rings. The van der Waals surface area contributed by atoms with Crippen LogP contribution in [0.25, 0.3) is 28.4 Å². The quantitative estimate of drug-likeness (QED) is 0.195. The molecule has 1 aromatic heterocycles. The Bertz CT molecular complexity index is 1660. The molecule has 4 aromatic rings. The Labute approximate surface area is 244 Å². The predicted octanol–water partition coefficient (Wildman–Crippen LogP) is 6.47. The Hall–Kier alpha value is -4.98. The van der Waals surface area contributed by atoms with E-state index in [9.17, 15) is 9.59 Å². The number of allylic oxidation sites excluding steroid dienone is 2. The Kier molecular flexibility index (Phi) is 9.23. The van der Waals surface area contributed by atoms with E-state index in [2.05, 4.69) is 0 Å². The first kappa shape index (κ1) is 28.5. The number of nitrogens with zero attached hydrogens (tertiary/aromatic N) is 1. The van der Waals surface area contributed by atoms with Crippen LogP contribution in [0.3, 0.4) is 0 Å². The lowest BCUT2D eigenvalue weighted by Gasteiger charge is -2.25. The van der Waals surface area contributed by atoms with Gasteiger partial charge in [0, 0.05) is 36.9 Å². The molecule has 8 heteroatoms. The number of benzene rings is 3. The van der Waals surface area contributed by atoms with Gasteiger partial charge in [-0.25, -0.2) is 0 Å². The van der Waals surface area contributed by atoms with E-state index in [1.165, 1.54) is 12.5 Å². The maximum Gasteiger partial charge on any atom is 0.246 e. The average Bonchev–Trinajstić information content (AvgIpc) is 3.51. The van der Waals surface area contributed by atoms with Crippen LogP contribution in [0, 0.1) is 0 Å². The van der Waals surface area contributed by atoms with Crippen LogP contribution in [0.5, 0.6) is 23.0 Å². The van der Waals surface area contributed by atoms with Crippen molar-refractivity contribution in [2.75, 3.05) is 34.1 Å². The maximum absolute atomic E-state index is 12.2. The van der Waals surface area contributed by atoms with Gasteiger partial charge < -0.3 is 28.3 Å². The van der Waals surface area contributed by atoms with Crippen LogP contribution in [0.2, 0.25) is 0 Å². The van der Waals surface area contributed by atoms with Gasteiger partial charge in [0.15, 0.2) is 16.9 Å². The third-order valence-corrected chi connectivity index (χ3v) is 6.99. The number of rotatable bonds is 6. The molecule has 0 aliphatic carbocycles. The van der Waals surface area contributed by atoms with Crippen molar-refractivity contribution >= 4 is 23.0 Å². The number of piperidine rings is 1. The number of ether oxygens (including phenoxy) is 4. The van der Waals surface area contributed by atoms with E-state index in [1.54, 1.807) is 44.6 Å². The number of hydrogen-bond donors (Lipinski definition) is 0. The normalized spacial score (nSPS) is 14.2. The number of likely N-dealkylation sites (tertiary alicyclic amines) is 1. The fourth-order valence-corrected chi connectivity index (χ4v) is 4.72. The number of carbonyl (C=O) groups is 1. The van der Waals surface area contributed by atoms with E-state index >= 15 is 0 Å². The fourth-order valence-electron chi connectivity index (χ4n) is 4.72. The van der Waals surface area contributed by atoms with E-state index in [1.807, 2.05) is 59.5 Å². The monoisotopic (exact) mass is 567 g/mol. The summed E-state index contributed by atoms with van der Waals surface area (Å²) in [7, 11) is 3.17. The number of carbonyl (C=O) groups excluding carboxylic acids is 1. The molecule has 42 heavy (non-hydrogen) atoms. The summed E-state index contributed by atoms with van der Waals surface area (Å²) in [6, 6.07) is 19.8. The summed E-state index contributed by atoms with van der Waals surface area (Å²) in [6.07, 6.45) is 10.7. The summed E-state index contributed by atoms with van der Waals surface area (Å²) in [4.78, 5) is 26.0. The SMILES string of the molecule is COc1cccc(-c2cc(=O)c3ccc(OC)cc3o2)c1.O=C(C=CC=Cc1ccc2c(c1)OCO2)N1CCCCC1. The van der Waals surface area contributed by atoms with Gasteiger partial charge in [-0.15, -0.1) is 0 Å². The molecular formula is C34H33NO7. The van der Waals surface area contributed by atoms with E-state index in [-0.39, 0.29) is 18.1 Å². The highest BCUT2D eigenvalue weighted by Gasteiger charge is 2.14. The zero-order chi connectivity index (χ0) is 29.3. The first-order valence-corrected chi connectivity index (χ1v) is 13.8. The molecule has 0 radical (unpaired) electrons. The van der Waals surface area contributed by atoms with Crippen LogP contribution in [-0.4, -0.2) is 44.9 Å². The molecule has 0 saturated carbocycles. The zero-order valence-electron chi connectivity index (χ0n) is 23.7. The van der Waals surface area contributed by atoms with Crippen molar-refractivity contribution in [2.24, 2.45) is 0 Å². The standard InChI is InChI=1S/C17H19NO3.C17H14O4/c19-17(18-10-4-1-5-11-18)7-3-2-6-14-8-9-15-16(12-14)21-13-20-15;1-19-12-5-3-4-11(8-12)16-10-15(18)14-7-6-13(20-2)9-17(14)21-16/h2-3,6-9,12H,1,4-5,10-11,13H2;3-10H,1-2H3. The summed E-state index contributed by atoms with van der Waals surface area (Å²) in [5, 5.41) is 0.530. The van der Waals surface area contributed by atoms with Crippen molar-refractivity contribution in [3.05, 3.63) is 101 Å². The van der Waals surface area contributed by atoms with E-state index in [4.69, 9.17) is 23.4 Å². The first-order valence-electron chi connectivity index (χ1n) is 13.8. The molecule has 1 saturated heterocycles. The molecule has 3 heterocycles. The summed E-state index contributed by atoms with van der Waals surface area (Å²) in [5.74, 6) is 3.51. The topological polar surface area (TPSA) is 87.4 Å². The molecule has 216 valence electrons. The molecule has 0 spiro atoms. The van der Waals surface area contributed by atoms with Gasteiger partial charge in [0.05, 0.1) is 19.6 Å². The van der Waals surface area contributed by atoms with E-state index < -0.39 is 0 Å². The lowest BCUT2D eigenvalue weighted by molar-refractivity contribution is -0.126. The van der Waals surface area contributed by atoms with E-state index in [0.717, 1.165) is 48.6 Å². The molecule has 2 aliphatic heterocycles. The largest absolute Gasteiger partial charge is 0.497 e. The van der Waals surface area contributed by atoms with Gasteiger partial charge >= 0.3 is 0 Å². The van der Waals surface area contributed by atoms with Crippen molar-refractivity contribution in [3.8, 4) is 34.3 Å². The summed E-state index contributed by atoms with van der Waals surface area (Å²) >= 11 is 0. The Balaban J connectivity index is 0.000000168. The van der Waals surface area contributed by atoms with Crippen LogP contribution in [0.1, 0.15) is 24.8 Å². The second-order valence-corrected chi connectivity index (χ2v) is 9.79. The highest BCUT2D eigenvalue weighted by atomic mass is 16.7. The molecule has 0 atom stereocenters. The molecule has 0 bridgehead atoms. The zero-order valence-corrected chi connectivity index (χ0v) is 23.7. The molecule has 3 aromatic carbocycles. The highest BCUT2D eigenvalue weighted by molar-refractivity contribution is 5.88. The molecule has 1 amide bonds. The van der Waals surface area contributed by atoms with Crippen molar-refractivity contribution in [1.29, 1.82) is 0 Å². The van der Waals surface area contributed by atoms with Crippen LogP contribution in [0.15, 0.2) is 94.2 Å².